The van der Waals surface area contributed by atoms with E-state index in [4.69, 9.17) is 14.2 Å². The van der Waals surface area contributed by atoms with E-state index in [1.807, 2.05) is 12.1 Å². The summed E-state index contributed by atoms with van der Waals surface area (Å²) in [5, 5.41) is 0. The molecule has 0 amide bonds. The van der Waals surface area contributed by atoms with Gasteiger partial charge < -0.3 is 14.2 Å². The molecule has 1 atom stereocenters. The van der Waals surface area contributed by atoms with E-state index in [1.54, 1.807) is 0 Å². The van der Waals surface area contributed by atoms with Crippen LogP contribution in [0.25, 0.3) is 11.1 Å². The quantitative estimate of drug-likeness (QED) is 0.170. The third kappa shape index (κ3) is 7.36. The van der Waals surface area contributed by atoms with Crippen molar-refractivity contribution in [3.8, 4) is 5.75 Å². The molecule has 218 valence electrons. The molecule has 0 N–H and O–H groups in total. The highest BCUT2D eigenvalue weighted by Gasteiger charge is 2.23. The first kappa shape index (κ1) is 28.8. The molecule has 3 aliphatic carbocycles. The summed E-state index contributed by atoms with van der Waals surface area (Å²) in [6.07, 6.45) is 19.0. The van der Waals surface area contributed by atoms with Crippen molar-refractivity contribution in [2.45, 2.75) is 51.7 Å². The van der Waals surface area contributed by atoms with E-state index >= 15 is 0 Å². The minimum atomic E-state index is -0.470. The highest BCUT2D eigenvalue weighted by atomic mass is 16.7. The van der Waals surface area contributed by atoms with E-state index in [1.165, 1.54) is 33.4 Å². The van der Waals surface area contributed by atoms with Gasteiger partial charge in [0.2, 0.25) is 6.29 Å². The summed E-state index contributed by atoms with van der Waals surface area (Å²) in [5.41, 5.74) is 10.00. The lowest BCUT2D eigenvalue weighted by Crippen LogP contribution is -2.26. The van der Waals surface area contributed by atoms with Crippen LogP contribution in [0.3, 0.4) is 0 Å². The number of aryl methyl sites for hydroxylation is 1. The zero-order chi connectivity index (χ0) is 29.3. The van der Waals surface area contributed by atoms with Crippen LogP contribution in [0, 0.1) is 6.92 Å². The molecule has 0 heterocycles. The predicted molar refractivity (Wildman–Crippen MR) is 176 cm³/mol. The van der Waals surface area contributed by atoms with Gasteiger partial charge in [0.25, 0.3) is 0 Å². The van der Waals surface area contributed by atoms with E-state index < -0.39 is 6.29 Å². The summed E-state index contributed by atoms with van der Waals surface area (Å²) in [6.45, 7) is 2.92. The monoisotopic (exact) mass is 568 g/mol. The average Bonchev–Trinajstić information content (AvgIpc) is 3.08. The maximum absolute atomic E-state index is 6.60. The van der Waals surface area contributed by atoms with E-state index in [9.17, 15) is 0 Å². The third-order valence-electron chi connectivity index (χ3n) is 8.24. The highest BCUT2D eigenvalue weighted by molar-refractivity contribution is 5.89. The second kappa shape index (κ2) is 14.2. The summed E-state index contributed by atoms with van der Waals surface area (Å²) in [6, 6.07) is 29.3. The number of rotatable bonds is 11. The molecular weight excluding hydrogens is 528 g/mol. The van der Waals surface area contributed by atoms with Crippen molar-refractivity contribution in [2.75, 3.05) is 13.2 Å². The Labute approximate surface area is 256 Å². The van der Waals surface area contributed by atoms with Crippen molar-refractivity contribution >= 4 is 11.1 Å². The minimum Gasteiger partial charge on any atom is -0.490 e. The summed E-state index contributed by atoms with van der Waals surface area (Å²) < 4.78 is 19.5. The Balaban J connectivity index is 1.19. The first-order chi connectivity index (χ1) is 21.2. The Morgan fingerprint density at radius 3 is 2.12 bits per heavy atom. The number of hydrogen-bond donors (Lipinski definition) is 0. The maximum atomic E-state index is 6.60. The van der Waals surface area contributed by atoms with Crippen LogP contribution in [0.4, 0.5) is 0 Å². The van der Waals surface area contributed by atoms with Crippen molar-refractivity contribution < 1.29 is 14.2 Å². The molecule has 3 nitrogen and oxygen atoms in total. The van der Waals surface area contributed by atoms with E-state index in [0.29, 0.717) is 13.2 Å². The molecule has 43 heavy (non-hydrogen) atoms. The molecule has 0 radical (unpaired) electrons. The molecule has 0 aromatic heterocycles. The van der Waals surface area contributed by atoms with Gasteiger partial charge in [-0.15, -0.1) is 0 Å². The fourth-order valence-corrected chi connectivity index (χ4v) is 5.92. The lowest BCUT2D eigenvalue weighted by Gasteiger charge is -2.26. The summed E-state index contributed by atoms with van der Waals surface area (Å²) >= 11 is 0. The van der Waals surface area contributed by atoms with E-state index in [0.717, 1.165) is 61.2 Å². The highest BCUT2D eigenvalue weighted by Crippen LogP contribution is 2.38. The Morgan fingerprint density at radius 1 is 0.674 bits per heavy atom. The molecule has 3 heteroatoms. The lowest BCUT2D eigenvalue weighted by molar-refractivity contribution is -0.0680. The first-order valence-electron chi connectivity index (χ1n) is 15.5. The molecule has 1 unspecified atom stereocenters. The largest absolute Gasteiger partial charge is 0.490 e. The number of benzene rings is 3. The molecule has 0 saturated heterocycles. The second-order valence-electron chi connectivity index (χ2n) is 11.3. The number of ether oxygens (including phenoxy) is 3. The van der Waals surface area contributed by atoms with E-state index in [2.05, 4.69) is 116 Å². The standard InChI is InChI=1S/C40H40O3/c1-30-20-26-36(27-21-30)43-40(35-24-22-32(23-25-35)31-12-5-2-6-13-31)42-29-28-41-39-37(33-14-7-3-8-15-33)18-11-19-38(39)34-16-9-4-10-17-34/h2-5,7-10,12,14-18,20-22,24,26-27,40H,6,11,13,19,23,25,28-29H2,1H3. The van der Waals surface area contributed by atoms with Gasteiger partial charge in [-0.25, -0.2) is 0 Å². The average molecular weight is 569 g/mol. The maximum Gasteiger partial charge on any atom is 0.223 e. The van der Waals surface area contributed by atoms with Crippen molar-refractivity contribution in [1.29, 1.82) is 0 Å². The Kier molecular flexibility index (Phi) is 9.51. The van der Waals surface area contributed by atoms with Gasteiger partial charge in [-0.1, -0.05) is 115 Å². The van der Waals surface area contributed by atoms with Gasteiger partial charge in [-0.3, -0.25) is 0 Å². The van der Waals surface area contributed by atoms with Gasteiger partial charge in [-0.2, -0.15) is 0 Å². The van der Waals surface area contributed by atoms with Crippen LogP contribution in [0.5, 0.6) is 5.75 Å². The minimum absolute atomic E-state index is 0.411. The topological polar surface area (TPSA) is 27.7 Å². The summed E-state index contributed by atoms with van der Waals surface area (Å²) in [4.78, 5) is 0. The lowest BCUT2D eigenvalue weighted by atomic mass is 9.89. The van der Waals surface area contributed by atoms with E-state index in [-0.39, 0.29) is 0 Å². The fourth-order valence-electron chi connectivity index (χ4n) is 5.92. The number of hydrogen-bond acceptors (Lipinski definition) is 3. The molecule has 0 aliphatic heterocycles. The first-order valence-corrected chi connectivity index (χ1v) is 15.5. The van der Waals surface area contributed by atoms with Crippen LogP contribution < -0.4 is 4.74 Å². The molecular formula is C40H40O3. The smallest absolute Gasteiger partial charge is 0.223 e. The zero-order valence-corrected chi connectivity index (χ0v) is 25.0. The van der Waals surface area contributed by atoms with Crippen molar-refractivity contribution in [3.63, 3.8) is 0 Å². The van der Waals surface area contributed by atoms with Gasteiger partial charge in [0.1, 0.15) is 18.1 Å². The normalized spacial score (nSPS) is 17.4. The van der Waals surface area contributed by atoms with Crippen LogP contribution in [-0.2, 0) is 9.47 Å². The van der Waals surface area contributed by atoms with Gasteiger partial charge in [0.15, 0.2) is 0 Å². The van der Waals surface area contributed by atoms with Gasteiger partial charge in [0.05, 0.1) is 6.61 Å². The van der Waals surface area contributed by atoms with Crippen LogP contribution in [0.1, 0.15) is 55.2 Å². The predicted octanol–water partition coefficient (Wildman–Crippen LogP) is 9.94. The SMILES string of the molecule is Cc1ccc(OC(OCCOC2=C(c3ccccc3)CCC=C2c2ccccc2)C2=CC=C(C3=CC=CCC3)CC2)cc1. The molecule has 3 aromatic carbocycles. The van der Waals surface area contributed by atoms with Gasteiger partial charge in [0, 0.05) is 11.1 Å². The third-order valence-corrected chi connectivity index (χ3v) is 8.24. The van der Waals surface area contributed by atoms with Crippen LogP contribution >= 0.6 is 0 Å². The molecule has 0 bridgehead atoms. The van der Waals surface area contributed by atoms with Gasteiger partial charge >= 0.3 is 0 Å². The zero-order valence-electron chi connectivity index (χ0n) is 25.0. The summed E-state index contributed by atoms with van der Waals surface area (Å²) in [7, 11) is 0. The molecule has 3 aliphatic rings. The van der Waals surface area contributed by atoms with Crippen LogP contribution in [-0.4, -0.2) is 19.5 Å². The van der Waals surface area contributed by atoms with Crippen molar-refractivity contribution in [3.05, 3.63) is 161 Å². The Hall–Kier alpha value is -4.34. The van der Waals surface area contributed by atoms with Gasteiger partial charge in [-0.05, 0) is 85.4 Å². The molecule has 0 fully saturated rings. The van der Waals surface area contributed by atoms with Crippen LogP contribution in [0.2, 0.25) is 0 Å². The molecule has 6 rings (SSSR count). The van der Waals surface area contributed by atoms with Crippen molar-refractivity contribution in [1.82, 2.24) is 0 Å². The summed E-state index contributed by atoms with van der Waals surface area (Å²) in [5.74, 6) is 1.76. The fraction of sp³-hybridized carbons (Fsp3) is 0.250. The Morgan fingerprint density at radius 2 is 1.42 bits per heavy atom. The number of allylic oxidation sites excluding steroid dienone is 10. The second-order valence-corrected chi connectivity index (χ2v) is 11.3. The Bertz CT molecular complexity index is 1570. The molecule has 0 saturated carbocycles. The van der Waals surface area contributed by atoms with Crippen molar-refractivity contribution in [2.24, 2.45) is 0 Å². The van der Waals surface area contributed by atoms with Crippen LogP contribution in [0.15, 0.2) is 144 Å². The molecule has 0 spiro atoms. The molecule has 3 aromatic rings.